The van der Waals surface area contributed by atoms with Crippen LogP contribution in [0.15, 0.2) is 18.2 Å². The van der Waals surface area contributed by atoms with Gasteiger partial charge in [0.15, 0.2) is 12.2 Å². The minimum atomic E-state index is -1.34. The summed E-state index contributed by atoms with van der Waals surface area (Å²) in [6.45, 7) is 21.2. The van der Waals surface area contributed by atoms with E-state index < -0.39 is 35.6 Å². The topological polar surface area (TPSA) is 227 Å². The number of amides is 4. The first-order valence-electron chi connectivity index (χ1n) is 21.5. The molecule has 0 radical (unpaired) electrons. The Hall–Kier alpha value is -5.86. The molecular weight excluding hydrogens is 847 g/mol. The van der Waals surface area contributed by atoms with Crippen molar-refractivity contribution in [3.63, 3.8) is 0 Å². The number of likely N-dealkylation sites (N-methyl/N-ethyl adjacent to an activating group) is 1. The number of aromatic amines is 1. The number of benzene rings is 1. The van der Waals surface area contributed by atoms with Crippen molar-refractivity contribution < 1.29 is 47.7 Å². The van der Waals surface area contributed by atoms with Gasteiger partial charge in [-0.25, -0.2) is 4.79 Å². The molecule has 2 aliphatic rings. The summed E-state index contributed by atoms with van der Waals surface area (Å²) in [4.78, 5) is 87.1. The number of hydrogen-bond acceptors (Lipinski definition) is 15. The van der Waals surface area contributed by atoms with Crippen LogP contribution >= 0.6 is 11.7 Å². The van der Waals surface area contributed by atoms with E-state index in [-0.39, 0.29) is 49.6 Å². The summed E-state index contributed by atoms with van der Waals surface area (Å²) in [5, 5.41) is 8.59. The molecule has 2 aromatic heterocycles. The van der Waals surface area contributed by atoms with Crippen molar-refractivity contribution in [1.29, 1.82) is 0 Å². The molecule has 0 bridgehead atoms. The lowest BCUT2D eigenvalue weighted by Crippen LogP contribution is -2.50. The van der Waals surface area contributed by atoms with E-state index >= 15 is 0 Å². The van der Waals surface area contributed by atoms with E-state index in [1.54, 1.807) is 29.2 Å². The number of carbonyl (C=O) groups excluding carboxylic acids is 6. The molecule has 5 rings (SSSR count). The van der Waals surface area contributed by atoms with Gasteiger partial charge in [-0.15, -0.1) is 4.37 Å². The van der Waals surface area contributed by atoms with Crippen molar-refractivity contribution in [2.24, 2.45) is 0 Å². The number of morpholine rings is 1. The first-order valence-corrected chi connectivity index (χ1v) is 22.3. The van der Waals surface area contributed by atoms with Crippen LogP contribution in [0.3, 0.4) is 0 Å². The van der Waals surface area contributed by atoms with Crippen molar-refractivity contribution in [2.45, 2.75) is 92.9 Å². The highest BCUT2D eigenvalue weighted by atomic mass is 32.1. The van der Waals surface area contributed by atoms with Gasteiger partial charge in [0.05, 0.1) is 49.0 Å². The van der Waals surface area contributed by atoms with Crippen LogP contribution in [0.1, 0.15) is 94.2 Å². The van der Waals surface area contributed by atoms with Gasteiger partial charge in [0.2, 0.25) is 17.6 Å². The molecule has 1 unspecified atom stereocenters. The third-order valence-corrected chi connectivity index (χ3v) is 11.4. The highest BCUT2D eigenvalue weighted by Crippen LogP contribution is 2.36. The number of aryl methyl sites for hydroxylation is 1. The fourth-order valence-electron chi connectivity index (χ4n) is 7.38. The monoisotopic (exact) mass is 907 g/mol. The average Bonchev–Trinajstić information content (AvgIpc) is 3.93. The lowest BCUT2D eigenvalue weighted by atomic mass is 10.0. The van der Waals surface area contributed by atoms with Crippen LogP contribution in [0.2, 0.25) is 0 Å². The second-order valence-corrected chi connectivity index (χ2v) is 17.1. The van der Waals surface area contributed by atoms with Gasteiger partial charge in [-0.2, -0.15) is 4.37 Å². The van der Waals surface area contributed by atoms with Crippen LogP contribution in [0.25, 0.3) is 11.6 Å². The molecule has 0 spiro atoms. The number of carbonyl (C=O) groups is 6. The van der Waals surface area contributed by atoms with Crippen molar-refractivity contribution in [1.82, 2.24) is 28.8 Å². The lowest BCUT2D eigenvalue weighted by Gasteiger charge is -2.37. The maximum atomic E-state index is 13.3. The van der Waals surface area contributed by atoms with Gasteiger partial charge >= 0.3 is 11.9 Å². The zero-order valence-corrected chi connectivity index (χ0v) is 39.0. The molecule has 3 aromatic rings. The summed E-state index contributed by atoms with van der Waals surface area (Å²) >= 11 is 0.982. The maximum Gasteiger partial charge on any atom is 0.347 e. The molecule has 20 heteroatoms. The molecule has 64 heavy (non-hydrogen) atoms. The van der Waals surface area contributed by atoms with E-state index in [1.165, 1.54) is 13.8 Å². The van der Waals surface area contributed by atoms with Crippen LogP contribution in [0.4, 0.5) is 17.2 Å². The van der Waals surface area contributed by atoms with Gasteiger partial charge in [0, 0.05) is 73.4 Å². The van der Waals surface area contributed by atoms with Crippen LogP contribution < -0.4 is 25.6 Å². The largest absolute Gasteiger partial charge is 0.470 e. The molecule has 1 fully saturated rings. The van der Waals surface area contributed by atoms with Gasteiger partial charge in [-0.1, -0.05) is 13.8 Å². The zero-order valence-electron chi connectivity index (χ0n) is 38.2. The molecule has 1 aromatic carbocycles. The number of anilines is 3. The number of hydrogen-bond donors (Lipinski definition) is 4. The zero-order chi connectivity index (χ0) is 46.7. The Balaban J connectivity index is 1.16. The number of nitrogens with one attached hydrogen (secondary N) is 4. The third kappa shape index (κ3) is 12.9. The number of esters is 2. The smallest absolute Gasteiger partial charge is 0.347 e. The number of fused-ring (bicyclic) bond motifs is 1. The molecule has 2 aliphatic heterocycles. The van der Waals surface area contributed by atoms with E-state index in [0.29, 0.717) is 83.7 Å². The predicted octanol–water partition coefficient (Wildman–Crippen LogP) is 4.17. The minimum Gasteiger partial charge on any atom is -0.470 e. The quantitative estimate of drug-likeness (QED) is 0.0923. The highest BCUT2D eigenvalue weighted by molar-refractivity contribution is 6.99. The van der Waals surface area contributed by atoms with Crippen LogP contribution in [-0.2, 0) is 38.2 Å². The standard InChI is InChI=1S/C44H61N9O10S/c1-10-51(11-2)17-16-45-41(58)38-26(3)35(46-27(38)4)23-33-32-22-30(12-13-34(32)48-40(33)57)47-36(55)14-15-37(56)62-28(5)43(59)63-31(24-53(29(6)54)44(7,8)9)25-61-42-39(49-64-50-42)52-18-20-60-21-19-52/h12-13,22-23,28,31,46H,10-11,14-21,24-25H2,1-9H3,(H,45,58)(H,47,55)(H,48,57)/b33-23-/t28?,31-/m0/s1. The summed E-state index contributed by atoms with van der Waals surface area (Å²) in [5.74, 6) is -2.15. The van der Waals surface area contributed by atoms with Crippen molar-refractivity contribution >= 4 is 76.1 Å². The molecule has 0 saturated carbocycles. The van der Waals surface area contributed by atoms with Crippen molar-refractivity contribution in [3.05, 3.63) is 46.3 Å². The van der Waals surface area contributed by atoms with E-state index in [4.69, 9.17) is 18.9 Å². The third-order valence-electron chi connectivity index (χ3n) is 10.9. The van der Waals surface area contributed by atoms with E-state index in [9.17, 15) is 28.8 Å². The molecule has 4 N–H and O–H groups in total. The predicted molar refractivity (Wildman–Crippen MR) is 242 cm³/mol. The number of aromatic nitrogens is 3. The second-order valence-electron chi connectivity index (χ2n) is 16.6. The average molecular weight is 908 g/mol. The Kier molecular flexibility index (Phi) is 17.0. The Labute approximate surface area is 377 Å². The van der Waals surface area contributed by atoms with E-state index in [0.717, 1.165) is 31.4 Å². The molecule has 1 saturated heterocycles. The van der Waals surface area contributed by atoms with Crippen molar-refractivity contribution in [2.75, 3.05) is 81.2 Å². The molecule has 348 valence electrons. The summed E-state index contributed by atoms with van der Waals surface area (Å²) in [7, 11) is 0. The normalized spacial score (nSPS) is 15.3. The number of nitrogens with zero attached hydrogens (tertiary/aromatic N) is 5. The molecule has 19 nitrogen and oxygen atoms in total. The minimum absolute atomic E-state index is 0.0113. The molecule has 0 aliphatic carbocycles. The van der Waals surface area contributed by atoms with Crippen LogP contribution in [0, 0.1) is 13.8 Å². The number of H-pyrrole nitrogens is 1. The Morgan fingerprint density at radius 2 is 1.77 bits per heavy atom. The van der Waals surface area contributed by atoms with E-state index in [1.807, 2.05) is 39.5 Å². The lowest BCUT2D eigenvalue weighted by molar-refractivity contribution is -0.173. The molecule has 4 amide bonds. The van der Waals surface area contributed by atoms with Crippen LogP contribution in [-0.4, -0.2) is 142 Å². The number of ether oxygens (including phenoxy) is 4. The molecular formula is C44H61N9O10S. The summed E-state index contributed by atoms with van der Waals surface area (Å²) < 4.78 is 31.2. The second kappa shape index (κ2) is 22.2. The summed E-state index contributed by atoms with van der Waals surface area (Å²) in [6, 6.07) is 4.95. The first kappa shape index (κ1) is 49.2. The summed E-state index contributed by atoms with van der Waals surface area (Å²) in [5.41, 5.74) is 3.70. The maximum absolute atomic E-state index is 13.3. The summed E-state index contributed by atoms with van der Waals surface area (Å²) in [6.07, 6.45) is -1.23. The van der Waals surface area contributed by atoms with E-state index in [2.05, 4.69) is 48.4 Å². The highest BCUT2D eigenvalue weighted by Gasteiger charge is 2.32. The molecule has 2 atom stereocenters. The van der Waals surface area contributed by atoms with Crippen molar-refractivity contribution in [3.8, 4) is 5.88 Å². The first-order chi connectivity index (χ1) is 30.4. The fraction of sp³-hybridized carbons (Fsp3) is 0.545. The van der Waals surface area contributed by atoms with Crippen LogP contribution in [0.5, 0.6) is 5.88 Å². The van der Waals surface area contributed by atoms with Gasteiger partial charge in [-0.3, -0.25) is 24.0 Å². The van der Waals surface area contributed by atoms with Gasteiger partial charge in [0.25, 0.3) is 17.7 Å². The van der Waals surface area contributed by atoms with Gasteiger partial charge in [0.1, 0.15) is 6.61 Å². The molecule has 4 heterocycles. The Bertz CT molecular complexity index is 2200. The number of rotatable bonds is 20. The van der Waals surface area contributed by atoms with Gasteiger partial charge in [-0.05, 0) is 84.5 Å². The SMILES string of the molecule is CCN(CC)CCNC(=O)c1c(C)[nH]c(/C=C2\C(=O)Nc3ccc(NC(=O)CCC(=O)OC(C)C(=O)O[C@H](COc4nsnc4N4CCOCC4)CN(C(C)=O)C(C)(C)C)cc32)c1C. The fourth-order valence-corrected chi connectivity index (χ4v) is 7.90. The Morgan fingerprint density at radius 3 is 2.44 bits per heavy atom. The van der Waals surface area contributed by atoms with Gasteiger partial charge < -0.3 is 54.6 Å². The Morgan fingerprint density at radius 1 is 1.05 bits per heavy atom.